The van der Waals surface area contributed by atoms with Gasteiger partial charge in [0.05, 0.1) is 23.9 Å². The Kier molecular flexibility index (Phi) is 7.08. The second kappa shape index (κ2) is 9.93. The Labute approximate surface area is 177 Å². The Balaban J connectivity index is 1.77. The minimum Gasteiger partial charge on any atom is -0.479 e. The average molecular weight is 430 g/mol. The number of hydrogen-bond acceptors (Lipinski definition) is 7. The first-order valence-electron chi connectivity index (χ1n) is 9.39. The Hall–Kier alpha value is -3.33. The summed E-state index contributed by atoms with van der Waals surface area (Å²) in [5.74, 6) is -0.695. The van der Waals surface area contributed by atoms with Crippen LogP contribution in [0, 0.1) is 0 Å². The fourth-order valence-corrected chi connectivity index (χ4v) is 3.65. The predicted molar refractivity (Wildman–Crippen MR) is 110 cm³/mol. The summed E-state index contributed by atoms with van der Waals surface area (Å²) in [4.78, 5) is 37.9. The number of benzene rings is 1. The van der Waals surface area contributed by atoms with E-state index in [1.807, 2.05) is 17.5 Å². The highest BCUT2D eigenvalue weighted by molar-refractivity contribution is 7.10. The molecule has 2 aromatic rings. The molecule has 0 fully saturated rings. The van der Waals surface area contributed by atoms with Crippen molar-refractivity contribution in [3.63, 3.8) is 0 Å². The number of carbonyl (C=O) groups excluding carboxylic acids is 3. The molecule has 3 rings (SSSR count). The lowest BCUT2D eigenvalue weighted by Gasteiger charge is -2.28. The highest BCUT2D eigenvalue weighted by atomic mass is 32.1. The summed E-state index contributed by atoms with van der Waals surface area (Å²) >= 11 is 1.39. The number of nitrogens with one attached hydrogen (secondary N) is 2. The summed E-state index contributed by atoms with van der Waals surface area (Å²) in [5, 5.41) is 7.12. The molecule has 8 nitrogen and oxygen atoms in total. The number of urea groups is 1. The quantitative estimate of drug-likeness (QED) is 0.624. The maximum Gasteiger partial charge on any atom is 0.347 e. The van der Waals surface area contributed by atoms with Crippen molar-refractivity contribution in [2.45, 2.75) is 26.0 Å². The number of para-hydroxylation sites is 1. The van der Waals surface area contributed by atoms with Gasteiger partial charge in [-0.15, -0.1) is 11.3 Å². The molecule has 1 aromatic carbocycles. The first kappa shape index (κ1) is 21.4. The lowest BCUT2D eigenvalue weighted by atomic mass is 10.0. The van der Waals surface area contributed by atoms with E-state index in [-0.39, 0.29) is 24.5 Å². The van der Waals surface area contributed by atoms with Crippen LogP contribution in [0.1, 0.15) is 24.8 Å². The lowest BCUT2D eigenvalue weighted by Crippen LogP contribution is -2.47. The molecule has 30 heavy (non-hydrogen) atoms. The molecule has 0 saturated heterocycles. The molecule has 0 spiro atoms. The van der Waals surface area contributed by atoms with Gasteiger partial charge in [0.2, 0.25) is 0 Å². The van der Waals surface area contributed by atoms with Crippen LogP contribution < -0.4 is 15.4 Å². The molecule has 0 unspecified atom stereocenters. The molecule has 2 atom stereocenters. The van der Waals surface area contributed by atoms with Crippen LogP contribution in [0.4, 0.5) is 4.79 Å². The topological polar surface area (TPSA) is 103 Å². The van der Waals surface area contributed by atoms with Gasteiger partial charge in [-0.2, -0.15) is 0 Å². The van der Waals surface area contributed by atoms with Gasteiger partial charge in [-0.1, -0.05) is 24.3 Å². The SMILES string of the molecule is CCOC(=O)C1=C(COC(=O)[C@@H](C)Oc2ccccc2)NC(=O)N[C@H]1c1cccs1. The maximum absolute atomic E-state index is 12.6. The van der Waals surface area contributed by atoms with E-state index >= 15 is 0 Å². The van der Waals surface area contributed by atoms with Crippen molar-refractivity contribution >= 4 is 29.3 Å². The van der Waals surface area contributed by atoms with E-state index in [2.05, 4.69) is 10.6 Å². The standard InChI is InChI=1S/C21H22N2O6S/c1-3-27-20(25)17-15(22-21(26)23-18(17)16-10-7-11-30-16)12-28-19(24)13(2)29-14-8-5-4-6-9-14/h4-11,13,18H,3,12H2,1-2H3,(H2,22,23,26)/t13-,18+/m1/s1. The molecule has 1 aliphatic rings. The molecule has 9 heteroatoms. The van der Waals surface area contributed by atoms with Gasteiger partial charge in [-0.3, -0.25) is 0 Å². The number of hydrogen-bond donors (Lipinski definition) is 2. The van der Waals surface area contributed by atoms with Crippen LogP contribution in [0.5, 0.6) is 5.75 Å². The van der Waals surface area contributed by atoms with Crippen molar-refractivity contribution in [2.75, 3.05) is 13.2 Å². The fraction of sp³-hybridized carbons (Fsp3) is 0.286. The zero-order valence-corrected chi connectivity index (χ0v) is 17.4. The Morgan fingerprint density at radius 3 is 2.57 bits per heavy atom. The number of esters is 2. The van der Waals surface area contributed by atoms with Crippen LogP contribution >= 0.6 is 11.3 Å². The number of thiophene rings is 1. The molecular formula is C21H22N2O6S. The number of rotatable bonds is 8. The second-order valence-electron chi connectivity index (χ2n) is 6.34. The minimum absolute atomic E-state index is 0.169. The van der Waals surface area contributed by atoms with E-state index in [9.17, 15) is 14.4 Å². The third-order valence-electron chi connectivity index (χ3n) is 4.22. The molecule has 2 amide bonds. The van der Waals surface area contributed by atoms with Crippen LogP contribution in [0.2, 0.25) is 0 Å². The largest absolute Gasteiger partial charge is 0.479 e. The first-order chi connectivity index (χ1) is 14.5. The van der Waals surface area contributed by atoms with E-state index in [0.29, 0.717) is 5.75 Å². The summed E-state index contributed by atoms with van der Waals surface area (Å²) in [6.45, 7) is 3.12. The van der Waals surface area contributed by atoms with E-state index < -0.39 is 30.1 Å². The number of carbonyl (C=O) groups is 3. The summed E-state index contributed by atoms with van der Waals surface area (Å²) < 4.78 is 16.0. The fourth-order valence-electron chi connectivity index (χ4n) is 2.86. The Bertz CT molecular complexity index is 926. The van der Waals surface area contributed by atoms with Crippen molar-refractivity contribution in [2.24, 2.45) is 0 Å². The van der Waals surface area contributed by atoms with Gasteiger partial charge >= 0.3 is 18.0 Å². The van der Waals surface area contributed by atoms with Gasteiger partial charge in [-0.25, -0.2) is 14.4 Å². The Morgan fingerprint density at radius 1 is 1.13 bits per heavy atom. The molecule has 0 bridgehead atoms. The average Bonchev–Trinajstić information content (AvgIpc) is 3.27. The molecule has 1 aromatic heterocycles. The summed E-state index contributed by atoms with van der Waals surface area (Å²) in [7, 11) is 0. The third-order valence-corrected chi connectivity index (χ3v) is 5.16. The molecule has 0 aliphatic carbocycles. The van der Waals surface area contributed by atoms with Gasteiger partial charge in [-0.05, 0) is 37.4 Å². The van der Waals surface area contributed by atoms with Gasteiger partial charge in [0.1, 0.15) is 12.4 Å². The predicted octanol–water partition coefficient (Wildman–Crippen LogP) is 2.93. The van der Waals surface area contributed by atoms with E-state index in [1.54, 1.807) is 44.2 Å². The second-order valence-corrected chi connectivity index (χ2v) is 7.32. The van der Waals surface area contributed by atoms with Crippen LogP contribution in [-0.4, -0.2) is 37.3 Å². The van der Waals surface area contributed by atoms with Crippen molar-refractivity contribution < 1.29 is 28.6 Å². The first-order valence-corrected chi connectivity index (χ1v) is 10.3. The van der Waals surface area contributed by atoms with Gasteiger partial charge < -0.3 is 24.8 Å². The zero-order valence-electron chi connectivity index (χ0n) is 16.5. The lowest BCUT2D eigenvalue weighted by molar-refractivity contribution is -0.150. The smallest absolute Gasteiger partial charge is 0.347 e. The maximum atomic E-state index is 12.6. The summed E-state index contributed by atoms with van der Waals surface area (Å²) in [6.07, 6.45) is -0.871. The molecule has 0 radical (unpaired) electrons. The summed E-state index contributed by atoms with van der Waals surface area (Å²) in [5.41, 5.74) is 0.374. The van der Waals surface area contributed by atoms with E-state index in [4.69, 9.17) is 14.2 Å². The monoisotopic (exact) mass is 430 g/mol. The highest BCUT2D eigenvalue weighted by Gasteiger charge is 2.35. The van der Waals surface area contributed by atoms with Crippen molar-refractivity contribution in [1.29, 1.82) is 0 Å². The van der Waals surface area contributed by atoms with E-state index in [0.717, 1.165) is 4.88 Å². The van der Waals surface area contributed by atoms with E-state index in [1.165, 1.54) is 11.3 Å². The molecule has 1 aliphatic heterocycles. The molecule has 2 N–H and O–H groups in total. The Morgan fingerprint density at radius 2 is 1.90 bits per heavy atom. The molecule has 158 valence electrons. The zero-order chi connectivity index (χ0) is 21.5. The summed E-state index contributed by atoms with van der Waals surface area (Å²) in [6, 6.07) is 11.3. The van der Waals surface area contributed by atoms with Crippen LogP contribution in [-0.2, 0) is 19.1 Å². The normalized spacial score (nSPS) is 16.9. The van der Waals surface area contributed by atoms with Crippen LogP contribution in [0.25, 0.3) is 0 Å². The molecular weight excluding hydrogens is 408 g/mol. The van der Waals surface area contributed by atoms with Crippen molar-refractivity contribution in [3.8, 4) is 5.75 Å². The van der Waals surface area contributed by atoms with Crippen LogP contribution in [0.3, 0.4) is 0 Å². The van der Waals surface area contributed by atoms with Crippen LogP contribution in [0.15, 0.2) is 59.1 Å². The van der Waals surface area contributed by atoms with Gasteiger partial charge in [0.25, 0.3) is 0 Å². The van der Waals surface area contributed by atoms with Crippen molar-refractivity contribution in [3.05, 3.63) is 64.0 Å². The van der Waals surface area contributed by atoms with Gasteiger partial charge in [0, 0.05) is 4.88 Å². The number of ether oxygens (including phenoxy) is 3. The number of amides is 2. The van der Waals surface area contributed by atoms with Crippen molar-refractivity contribution in [1.82, 2.24) is 10.6 Å². The van der Waals surface area contributed by atoms with Gasteiger partial charge in [0.15, 0.2) is 6.10 Å². The third kappa shape index (κ3) is 5.18. The highest BCUT2D eigenvalue weighted by Crippen LogP contribution is 2.30. The minimum atomic E-state index is -0.871. The molecule has 2 heterocycles. The molecule has 0 saturated carbocycles.